The highest BCUT2D eigenvalue weighted by atomic mass is 14.4. The fraction of sp³-hybridized carbons (Fsp3) is 1.00. The van der Waals surface area contributed by atoms with Crippen LogP contribution in [0.2, 0.25) is 0 Å². The maximum Gasteiger partial charge on any atom is -0.0326 e. The molecule has 0 aromatic rings. The minimum absolute atomic E-state index is 0.556. The molecule has 90 valence electrons. The van der Waals surface area contributed by atoms with Crippen molar-refractivity contribution in [3.63, 3.8) is 0 Å². The molecule has 0 bridgehead atoms. The van der Waals surface area contributed by atoms with Crippen LogP contribution < -0.4 is 0 Å². The predicted octanol–water partition coefficient (Wildman–Crippen LogP) is 5.28. The van der Waals surface area contributed by atoms with E-state index in [2.05, 4.69) is 41.5 Å². The molecule has 0 aromatic carbocycles. The van der Waals surface area contributed by atoms with E-state index in [-0.39, 0.29) is 0 Å². The Hall–Kier alpha value is 0. The third kappa shape index (κ3) is 3.50. The molecular weight excluding hydrogens is 180 g/mol. The molecule has 0 heterocycles. The van der Waals surface area contributed by atoms with Gasteiger partial charge in [0.05, 0.1) is 0 Å². The minimum atomic E-state index is 0.556. The molecule has 0 spiro atoms. The van der Waals surface area contributed by atoms with Crippen LogP contribution >= 0.6 is 0 Å². The Bertz CT molecular complexity index is 200. The van der Waals surface area contributed by atoms with Crippen molar-refractivity contribution in [2.45, 2.75) is 73.6 Å². The fourth-order valence-corrected chi connectivity index (χ4v) is 3.79. The molecule has 0 amide bonds. The molecule has 1 rings (SSSR count). The maximum absolute atomic E-state index is 2.48. The molecule has 1 aliphatic rings. The third-order valence-electron chi connectivity index (χ3n) is 4.39. The van der Waals surface area contributed by atoms with Crippen molar-refractivity contribution < 1.29 is 0 Å². The molecule has 0 aromatic heterocycles. The summed E-state index contributed by atoms with van der Waals surface area (Å²) >= 11 is 0. The van der Waals surface area contributed by atoms with Gasteiger partial charge < -0.3 is 0 Å². The van der Waals surface area contributed by atoms with Crippen molar-refractivity contribution in [2.24, 2.45) is 22.7 Å². The van der Waals surface area contributed by atoms with Gasteiger partial charge in [-0.05, 0) is 48.3 Å². The monoisotopic (exact) mass is 210 g/mol. The largest absolute Gasteiger partial charge is 0.0654 e. The van der Waals surface area contributed by atoms with E-state index in [9.17, 15) is 0 Å². The van der Waals surface area contributed by atoms with Crippen molar-refractivity contribution in [2.75, 3.05) is 0 Å². The highest BCUT2D eigenvalue weighted by Crippen LogP contribution is 2.49. The van der Waals surface area contributed by atoms with Crippen LogP contribution in [0.1, 0.15) is 73.6 Å². The van der Waals surface area contributed by atoms with Crippen LogP contribution in [0.4, 0.5) is 0 Å². The van der Waals surface area contributed by atoms with Crippen LogP contribution in [0.15, 0.2) is 0 Å². The molecule has 15 heavy (non-hydrogen) atoms. The zero-order valence-corrected chi connectivity index (χ0v) is 11.7. The van der Waals surface area contributed by atoms with Crippen LogP contribution in [0.5, 0.6) is 0 Å². The molecule has 0 radical (unpaired) electrons. The standard InChI is InChI=1S/C15H30/c1-7-8-15(5,6)13-9-12(2)10-14(3,4)11-13/h12-13H,7-11H2,1-6H3. The highest BCUT2D eigenvalue weighted by molar-refractivity contribution is 4.89. The van der Waals surface area contributed by atoms with Crippen molar-refractivity contribution in [1.82, 2.24) is 0 Å². The van der Waals surface area contributed by atoms with E-state index in [0.717, 1.165) is 11.8 Å². The summed E-state index contributed by atoms with van der Waals surface area (Å²) < 4.78 is 0. The predicted molar refractivity (Wildman–Crippen MR) is 69.0 cm³/mol. The van der Waals surface area contributed by atoms with E-state index >= 15 is 0 Å². The Labute approximate surface area is 96.8 Å². The van der Waals surface area contributed by atoms with E-state index in [1.165, 1.54) is 32.1 Å². The van der Waals surface area contributed by atoms with Crippen molar-refractivity contribution in [1.29, 1.82) is 0 Å². The first-order chi connectivity index (χ1) is 6.77. The average molecular weight is 210 g/mol. The van der Waals surface area contributed by atoms with Crippen LogP contribution in [0.3, 0.4) is 0 Å². The second-order valence-electron chi connectivity index (χ2n) is 7.35. The molecule has 0 saturated heterocycles. The second-order valence-corrected chi connectivity index (χ2v) is 7.35. The summed E-state index contributed by atoms with van der Waals surface area (Å²) in [6.45, 7) is 14.6. The highest BCUT2D eigenvalue weighted by Gasteiger charge is 2.38. The molecule has 2 unspecified atom stereocenters. The van der Waals surface area contributed by atoms with E-state index in [1.807, 2.05) is 0 Å². The zero-order chi connectivity index (χ0) is 11.7. The van der Waals surface area contributed by atoms with Crippen LogP contribution in [-0.4, -0.2) is 0 Å². The molecule has 1 fully saturated rings. The summed E-state index contributed by atoms with van der Waals surface area (Å²) in [5, 5.41) is 0. The van der Waals surface area contributed by atoms with Crippen molar-refractivity contribution in [3.8, 4) is 0 Å². The first kappa shape index (κ1) is 13.1. The fourth-order valence-electron chi connectivity index (χ4n) is 3.79. The summed E-state index contributed by atoms with van der Waals surface area (Å²) in [7, 11) is 0. The maximum atomic E-state index is 2.48. The smallest absolute Gasteiger partial charge is 0.0326 e. The van der Waals surface area contributed by atoms with Gasteiger partial charge >= 0.3 is 0 Å². The van der Waals surface area contributed by atoms with Gasteiger partial charge in [0.1, 0.15) is 0 Å². The van der Waals surface area contributed by atoms with Crippen molar-refractivity contribution >= 4 is 0 Å². The van der Waals surface area contributed by atoms with Gasteiger partial charge in [-0.15, -0.1) is 0 Å². The SMILES string of the molecule is CCCC(C)(C)C1CC(C)CC(C)(C)C1. The average Bonchev–Trinajstić information content (AvgIpc) is 1.99. The topological polar surface area (TPSA) is 0 Å². The lowest BCUT2D eigenvalue weighted by atomic mass is 9.60. The van der Waals surface area contributed by atoms with E-state index in [4.69, 9.17) is 0 Å². The summed E-state index contributed by atoms with van der Waals surface area (Å²) in [4.78, 5) is 0. The van der Waals surface area contributed by atoms with Crippen LogP contribution in [-0.2, 0) is 0 Å². The summed E-state index contributed by atoms with van der Waals surface area (Å²) in [5.74, 6) is 1.87. The molecule has 0 heteroatoms. The Balaban J connectivity index is 2.69. The Kier molecular flexibility index (Phi) is 3.90. The molecule has 1 aliphatic carbocycles. The molecule has 2 atom stereocenters. The van der Waals surface area contributed by atoms with Gasteiger partial charge in [0.25, 0.3) is 0 Å². The Morgan fingerprint density at radius 3 is 2.27 bits per heavy atom. The Morgan fingerprint density at radius 2 is 1.80 bits per heavy atom. The summed E-state index contributed by atoms with van der Waals surface area (Å²) in [6, 6.07) is 0. The van der Waals surface area contributed by atoms with Crippen LogP contribution in [0.25, 0.3) is 0 Å². The quantitative estimate of drug-likeness (QED) is 0.595. The summed E-state index contributed by atoms with van der Waals surface area (Å²) in [6.07, 6.45) is 7.03. The zero-order valence-electron chi connectivity index (χ0n) is 11.7. The van der Waals surface area contributed by atoms with Gasteiger partial charge in [0.15, 0.2) is 0 Å². The number of hydrogen-bond acceptors (Lipinski definition) is 0. The van der Waals surface area contributed by atoms with Gasteiger partial charge in [-0.3, -0.25) is 0 Å². The van der Waals surface area contributed by atoms with Gasteiger partial charge in [-0.2, -0.15) is 0 Å². The normalized spacial score (nSPS) is 31.6. The molecule has 0 nitrogen and oxygen atoms in total. The van der Waals surface area contributed by atoms with E-state index < -0.39 is 0 Å². The third-order valence-corrected chi connectivity index (χ3v) is 4.39. The first-order valence-electron chi connectivity index (χ1n) is 6.77. The van der Waals surface area contributed by atoms with E-state index in [1.54, 1.807) is 0 Å². The van der Waals surface area contributed by atoms with Gasteiger partial charge in [0.2, 0.25) is 0 Å². The van der Waals surface area contributed by atoms with Gasteiger partial charge in [0, 0.05) is 0 Å². The Morgan fingerprint density at radius 1 is 1.20 bits per heavy atom. The van der Waals surface area contributed by atoms with Crippen molar-refractivity contribution in [3.05, 3.63) is 0 Å². The molecule has 0 aliphatic heterocycles. The minimum Gasteiger partial charge on any atom is -0.0654 e. The van der Waals surface area contributed by atoms with Gasteiger partial charge in [-0.25, -0.2) is 0 Å². The lowest BCUT2D eigenvalue weighted by molar-refractivity contribution is 0.0481. The number of rotatable bonds is 3. The first-order valence-corrected chi connectivity index (χ1v) is 6.77. The lowest BCUT2D eigenvalue weighted by Crippen LogP contribution is -2.35. The molecular formula is C15H30. The number of hydrogen-bond donors (Lipinski definition) is 0. The molecule has 1 saturated carbocycles. The lowest BCUT2D eigenvalue weighted by Gasteiger charge is -2.46. The second kappa shape index (κ2) is 4.47. The van der Waals surface area contributed by atoms with Gasteiger partial charge in [-0.1, -0.05) is 48.0 Å². The van der Waals surface area contributed by atoms with Crippen LogP contribution in [0, 0.1) is 22.7 Å². The van der Waals surface area contributed by atoms with E-state index in [0.29, 0.717) is 10.8 Å². The summed E-state index contributed by atoms with van der Waals surface area (Å²) in [5.41, 5.74) is 1.13. The molecule has 0 N–H and O–H groups in total.